The molecule has 0 aliphatic carbocycles. The summed E-state index contributed by atoms with van der Waals surface area (Å²) in [6.45, 7) is 5.58. The zero-order valence-electron chi connectivity index (χ0n) is 17.6. The molecule has 0 amide bonds. The predicted octanol–water partition coefficient (Wildman–Crippen LogP) is 4.24. The quantitative estimate of drug-likeness (QED) is 0.622. The third kappa shape index (κ3) is 3.15. The van der Waals surface area contributed by atoms with E-state index < -0.39 is 0 Å². The number of likely N-dealkylation sites (tertiary alicyclic amines) is 2. The maximum atomic E-state index is 13.5. The summed E-state index contributed by atoms with van der Waals surface area (Å²) in [5.74, 6) is 1.10. The van der Waals surface area contributed by atoms with Crippen LogP contribution < -0.4 is 5.56 Å². The minimum absolute atomic E-state index is 0.210. The van der Waals surface area contributed by atoms with E-state index in [1.165, 1.54) is 48.1 Å². The largest absolute Gasteiger partial charge is 0.311 e. The van der Waals surface area contributed by atoms with Gasteiger partial charge in [0.25, 0.3) is 5.56 Å². The Bertz CT molecular complexity index is 1110. The van der Waals surface area contributed by atoms with E-state index in [1.54, 1.807) is 11.3 Å². The summed E-state index contributed by atoms with van der Waals surface area (Å²) in [6, 6.07) is 15.6. The van der Waals surface area contributed by atoms with Crippen molar-refractivity contribution in [3.8, 4) is 10.4 Å². The fraction of sp³-hybridized carbons (Fsp3) is 0.480. The average Bonchev–Trinajstić information content (AvgIpc) is 3.19. The smallest absolute Gasteiger partial charge is 0.259 e. The molecule has 3 aromatic rings. The summed E-state index contributed by atoms with van der Waals surface area (Å²) in [5, 5.41) is 1.23. The van der Waals surface area contributed by atoms with Gasteiger partial charge in [0.05, 0.1) is 5.56 Å². The number of hydrogen-bond donors (Lipinski definition) is 0. The second-order valence-corrected chi connectivity index (χ2v) is 10.6. The van der Waals surface area contributed by atoms with Crippen molar-refractivity contribution in [3.63, 3.8) is 0 Å². The number of hydrogen-bond acceptors (Lipinski definition) is 4. The highest BCUT2D eigenvalue weighted by Gasteiger charge is 2.37. The summed E-state index contributed by atoms with van der Waals surface area (Å²) >= 11 is 1.73. The minimum atomic E-state index is 0.210. The Morgan fingerprint density at radius 2 is 1.83 bits per heavy atom. The van der Waals surface area contributed by atoms with Gasteiger partial charge in [0.2, 0.25) is 0 Å². The van der Waals surface area contributed by atoms with E-state index in [2.05, 4.69) is 63.9 Å². The van der Waals surface area contributed by atoms with Gasteiger partial charge in [0.15, 0.2) is 0 Å². The monoisotopic (exact) mass is 419 g/mol. The fourth-order valence-corrected chi connectivity index (χ4v) is 7.02. The molecule has 2 atom stereocenters. The van der Waals surface area contributed by atoms with E-state index in [-0.39, 0.29) is 5.56 Å². The van der Waals surface area contributed by atoms with Crippen molar-refractivity contribution in [1.29, 1.82) is 0 Å². The first-order valence-electron chi connectivity index (χ1n) is 11.3. The lowest BCUT2D eigenvalue weighted by Gasteiger charge is -2.47. The van der Waals surface area contributed by atoms with Crippen LogP contribution in [-0.4, -0.2) is 53.6 Å². The maximum Gasteiger partial charge on any atom is 0.259 e. The van der Waals surface area contributed by atoms with Crippen molar-refractivity contribution in [2.24, 2.45) is 5.92 Å². The van der Waals surface area contributed by atoms with Crippen molar-refractivity contribution < 1.29 is 0 Å². The Kier molecular flexibility index (Phi) is 4.59. The molecule has 0 N–H and O–H groups in total. The Morgan fingerprint density at radius 3 is 2.67 bits per heavy atom. The van der Waals surface area contributed by atoms with Crippen LogP contribution in [0.4, 0.5) is 0 Å². The van der Waals surface area contributed by atoms with Gasteiger partial charge < -0.3 is 9.47 Å². The third-order valence-corrected chi connectivity index (χ3v) is 8.68. The van der Waals surface area contributed by atoms with Gasteiger partial charge in [-0.15, -0.1) is 11.3 Å². The van der Waals surface area contributed by atoms with Crippen molar-refractivity contribution in [2.45, 2.75) is 37.8 Å². The van der Waals surface area contributed by atoms with E-state index in [4.69, 9.17) is 0 Å². The van der Waals surface area contributed by atoms with Crippen LogP contribution >= 0.6 is 11.3 Å². The molecule has 0 saturated carbocycles. The summed E-state index contributed by atoms with van der Waals surface area (Å²) < 4.78 is 3.37. The molecule has 2 aromatic heterocycles. The number of rotatable bonds is 2. The van der Waals surface area contributed by atoms with Gasteiger partial charge >= 0.3 is 0 Å². The lowest BCUT2D eigenvalue weighted by molar-refractivity contribution is 0.0517. The molecule has 5 heterocycles. The average molecular weight is 420 g/mol. The van der Waals surface area contributed by atoms with Crippen molar-refractivity contribution in [1.82, 2.24) is 14.4 Å². The molecule has 2 unspecified atom stereocenters. The molecule has 3 aliphatic rings. The first kappa shape index (κ1) is 18.8. The Balaban J connectivity index is 1.31. The maximum absolute atomic E-state index is 13.5. The van der Waals surface area contributed by atoms with Crippen LogP contribution in [0, 0.1) is 5.92 Å². The Morgan fingerprint density at radius 1 is 1.00 bits per heavy atom. The predicted molar refractivity (Wildman–Crippen MR) is 124 cm³/mol. The number of pyridine rings is 1. The molecule has 5 heteroatoms. The molecule has 156 valence electrons. The second kappa shape index (κ2) is 7.33. The summed E-state index contributed by atoms with van der Waals surface area (Å²) in [7, 11) is 2.23. The van der Waals surface area contributed by atoms with Crippen LogP contribution in [0.25, 0.3) is 20.5 Å². The van der Waals surface area contributed by atoms with Gasteiger partial charge in [0.1, 0.15) is 0 Å². The molecule has 6 rings (SSSR count). The fourth-order valence-electron chi connectivity index (χ4n) is 5.94. The van der Waals surface area contributed by atoms with Gasteiger partial charge in [-0.3, -0.25) is 9.69 Å². The molecule has 3 aliphatic heterocycles. The lowest BCUT2D eigenvalue weighted by Crippen LogP contribution is -2.53. The van der Waals surface area contributed by atoms with Gasteiger partial charge in [0, 0.05) is 46.9 Å². The van der Waals surface area contributed by atoms with E-state index in [1.807, 2.05) is 0 Å². The molecule has 0 spiro atoms. The second-order valence-electron chi connectivity index (χ2n) is 9.52. The number of nitrogens with zero attached hydrogens (tertiary/aromatic N) is 3. The first-order chi connectivity index (χ1) is 14.7. The first-order valence-corrected chi connectivity index (χ1v) is 12.1. The number of fused-ring (bicyclic) bond motifs is 5. The van der Waals surface area contributed by atoms with Crippen LogP contribution in [0.5, 0.6) is 0 Å². The molecule has 2 saturated heterocycles. The molecule has 1 aromatic carbocycles. The van der Waals surface area contributed by atoms with Crippen LogP contribution in [0.2, 0.25) is 0 Å². The van der Waals surface area contributed by atoms with Gasteiger partial charge in [-0.2, -0.15) is 0 Å². The topological polar surface area (TPSA) is 28.5 Å². The number of aromatic nitrogens is 1. The zero-order chi connectivity index (χ0) is 20.2. The van der Waals surface area contributed by atoms with E-state index in [0.29, 0.717) is 11.8 Å². The van der Waals surface area contributed by atoms with Gasteiger partial charge in [-0.1, -0.05) is 18.2 Å². The Labute approximate surface area is 181 Å². The van der Waals surface area contributed by atoms with Crippen LogP contribution in [-0.2, 0) is 6.54 Å². The van der Waals surface area contributed by atoms with Gasteiger partial charge in [-0.05, 0) is 75.0 Å². The number of piperidine rings is 2. The molecule has 2 fully saturated rings. The van der Waals surface area contributed by atoms with Crippen LogP contribution in [0.15, 0.2) is 47.3 Å². The third-order valence-electron chi connectivity index (χ3n) is 7.53. The highest BCUT2D eigenvalue weighted by molar-refractivity contribution is 7.22. The molecule has 4 nitrogen and oxygen atoms in total. The number of thiophene rings is 1. The highest BCUT2D eigenvalue weighted by Crippen LogP contribution is 2.38. The lowest BCUT2D eigenvalue weighted by atomic mass is 9.81. The SMILES string of the molecule is CN1CCC(N2CC3CC(C2)c2ccc(-c4cc5ccccc5s4)c(=O)n2C3)CC1. The summed E-state index contributed by atoms with van der Waals surface area (Å²) in [5.41, 5.74) is 2.34. The molecular formula is C25H29N3OS. The molecule has 0 radical (unpaired) electrons. The van der Waals surface area contributed by atoms with Crippen LogP contribution in [0.1, 0.15) is 30.9 Å². The standard InChI is InChI=1S/C25H29N3OS/c1-26-10-8-20(9-11-26)27-14-17-12-19(16-27)22-7-6-21(25(29)28(22)15-17)24-13-18-4-2-3-5-23(18)30-24/h2-7,13,17,19-20H,8-12,14-16H2,1H3. The number of benzene rings is 1. The van der Waals surface area contributed by atoms with Gasteiger partial charge in [-0.25, -0.2) is 0 Å². The van der Waals surface area contributed by atoms with Crippen molar-refractivity contribution in [3.05, 3.63) is 58.5 Å². The normalized spacial score (nSPS) is 25.5. The summed E-state index contributed by atoms with van der Waals surface area (Å²) in [6.07, 6.45) is 3.81. The van der Waals surface area contributed by atoms with Crippen LogP contribution in [0.3, 0.4) is 0 Å². The van der Waals surface area contributed by atoms with E-state index >= 15 is 0 Å². The minimum Gasteiger partial charge on any atom is -0.311 e. The highest BCUT2D eigenvalue weighted by atomic mass is 32.1. The van der Waals surface area contributed by atoms with E-state index in [9.17, 15) is 4.79 Å². The van der Waals surface area contributed by atoms with E-state index in [0.717, 1.165) is 36.1 Å². The Hall–Kier alpha value is -1.95. The van der Waals surface area contributed by atoms with Crippen molar-refractivity contribution >= 4 is 21.4 Å². The molecule has 30 heavy (non-hydrogen) atoms. The van der Waals surface area contributed by atoms with Crippen molar-refractivity contribution in [2.75, 3.05) is 33.2 Å². The molecule has 2 bridgehead atoms. The zero-order valence-corrected chi connectivity index (χ0v) is 18.4. The summed E-state index contributed by atoms with van der Waals surface area (Å²) in [4.78, 5) is 19.8. The molecular weight excluding hydrogens is 390 g/mol.